The Bertz CT molecular complexity index is 407. The fraction of sp³-hybridized carbons (Fsp3) is 0.538. The van der Waals surface area contributed by atoms with Gasteiger partial charge in [0.1, 0.15) is 5.75 Å². The van der Waals surface area contributed by atoms with E-state index in [-0.39, 0.29) is 12.4 Å². The average Bonchev–Trinajstić information content (AvgIpc) is 2.25. The van der Waals surface area contributed by atoms with E-state index < -0.39 is 0 Å². The summed E-state index contributed by atoms with van der Waals surface area (Å²) in [6.07, 6.45) is 4.85. The molecule has 2 rings (SSSR count). The van der Waals surface area contributed by atoms with Crippen LogP contribution in [0.1, 0.15) is 29.5 Å². The first-order chi connectivity index (χ1) is 7.59. The van der Waals surface area contributed by atoms with Crippen molar-refractivity contribution in [3.63, 3.8) is 0 Å². The highest BCUT2D eigenvalue weighted by molar-refractivity contribution is 14.1. The van der Waals surface area contributed by atoms with E-state index >= 15 is 0 Å². The number of nitrogens with zero attached hydrogens (tertiary/aromatic N) is 1. The number of fused-ring (bicyclic) bond motifs is 1. The minimum atomic E-state index is 0. The van der Waals surface area contributed by atoms with Gasteiger partial charge in [-0.05, 0) is 73.5 Å². The number of aryl methyl sites for hydroxylation is 1. The van der Waals surface area contributed by atoms with Gasteiger partial charge in [-0.25, -0.2) is 0 Å². The highest BCUT2D eigenvalue weighted by atomic mass is 127. The third-order valence-electron chi connectivity index (χ3n) is 3.12. The number of phenols is 1. The molecule has 0 unspecified atom stereocenters. The Labute approximate surface area is 123 Å². The van der Waals surface area contributed by atoms with E-state index in [4.69, 9.17) is 0 Å². The van der Waals surface area contributed by atoms with Crippen molar-refractivity contribution in [2.24, 2.45) is 0 Å². The van der Waals surface area contributed by atoms with Crippen molar-refractivity contribution < 1.29 is 5.11 Å². The monoisotopic (exact) mass is 367 g/mol. The van der Waals surface area contributed by atoms with Crippen LogP contribution in [-0.2, 0) is 19.4 Å². The molecular formula is C13H19ClINO. The van der Waals surface area contributed by atoms with Gasteiger partial charge in [0.2, 0.25) is 0 Å². The minimum absolute atomic E-state index is 0. The maximum atomic E-state index is 10.2. The van der Waals surface area contributed by atoms with Crippen LogP contribution in [0.4, 0.5) is 0 Å². The molecule has 0 amide bonds. The van der Waals surface area contributed by atoms with Gasteiger partial charge in [-0.3, -0.25) is 0 Å². The van der Waals surface area contributed by atoms with Crippen LogP contribution in [0, 0.1) is 3.57 Å². The second kappa shape index (κ2) is 6.25. The van der Waals surface area contributed by atoms with Crippen LogP contribution in [0.25, 0.3) is 0 Å². The molecule has 0 spiro atoms. The van der Waals surface area contributed by atoms with Crippen molar-refractivity contribution in [1.29, 1.82) is 0 Å². The van der Waals surface area contributed by atoms with Crippen molar-refractivity contribution in [3.05, 3.63) is 26.3 Å². The van der Waals surface area contributed by atoms with E-state index in [2.05, 4.69) is 33.6 Å². The van der Waals surface area contributed by atoms with E-state index in [0.29, 0.717) is 5.75 Å². The number of phenolic OH excluding ortho intramolecular Hbond substituents is 1. The topological polar surface area (TPSA) is 23.5 Å². The quantitative estimate of drug-likeness (QED) is 0.810. The molecule has 17 heavy (non-hydrogen) atoms. The van der Waals surface area contributed by atoms with Crippen LogP contribution >= 0.6 is 35.0 Å². The van der Waals surface area contributed by atoms with Gasteiger partial charge in [0.05, 0.1) is 3.57 Å². The molecule has 1 N–H and O–H groups in total. The summed E-state index contributed by atoms with van der Waals surface area (Å²) >= 11 is 2.29. The van der Waals surface area contributed by atoms with Gasteiger partial charge in [-0.2, -0.15) is 0 Å². The molecule has 0 aromatic heterocycles. The van der Waals surface area contributed by atoms with Crippen molar-refractivity contribution in [2.75, 3.05) is 14.1 Å². The molecule has 0 fully saturated rings. The molecule has 2 nitrogen and oxygen atoms in total. The second-order valence-electron chi connectivity index (χ2n) is 4.78. The summed E-state index contributed by atoms with van der Waals surface area (Å²) in [6, 6.07) is 2.20. The van der Waals surface area contributed by atoms with E-state index in [1.807, 2.05) is 14.1 Å². The summed E-state index contributed by atoms with van der Waals surface area (Å²) in [4.78, 5) is 2.10. The smallest absolute Gasteiger partial charge is 0.133 e. The standard InChI is InChI=1S/C13H18INO.ClH/c1-15(2)8-10-7-9-5-3-4-6-11(9)12(14)13(10)16;/h7,16H,3-6,8H2,1-2H3;1H. The fourth-order valence-electron chi connectivity index (χ4n) is 2.36. The Balaban J connectivity index is 0.00000144. The Morgan fingerprint density at radius 1 is 1.29 bits per heavy atom. The summed E-state index contributed by atoms with van der Waals surface area (Å²) in [6.45, 7) is 0.815. The summed E-state index contributed by atoms with van der Waals surface area (Å²) in [5.41, 5.74) is 3.90. The van der Waals surface area contributed by atoms with Crippen molar-refractivity contribution >= 4 is 35.0 Å². The van der Waals surface area contributed by atoms with Crippen LogP contribution in [0.15, 0.2) is 6.07 Å². The molecule has 0 heterocycles. The molecule has 0 radical (unpaired) electrons. The lowest BCUT2D eigenvalue weighted by Gasteiger charge is -2.21. The summed E-state index contributed by atoms with van der Waals surface area (Å²) in [5, 5.41) is 10.2. The number of rotatable bonds is 2. The molecule has 4 heteroatoms. The van der Waals surface area contributed by atoms with Crippen molar-refractivity contribution in [1.82, 2.24) is 4.90 Å². The molecule has 0 bridgehead atoms. The lowest BCUT2D eigenvalue weighted by Crippen LogP contribution is -2.13. The SMILES string of the molecule is CN(C)Cc1cc2c(c(I)c1O)CCCC2.Cl. The van der Waals surface area contributed by atoms with Gasteiger partial charge in [0, 0.05) is 12.1 Å². The van der Waals surface area contributed by atoms with E-state index in [1.54, 1.807) is 0 Å². The normalized spacial score (nSPS) is 14.4. The van der Waals surface area contributed by atoms with Gasteiger partial charge >= 0.3 is 0 Å². The first kappa shape index (κ1) is 15.1. The van der Waals surface area contributed by atoms with Crippen LogP contribution < -0.4 is 0 Å². The van der Waals surface area contributed by atoms with Crippen LogP contribution in [-0.4, -0.2) is 24.1 Å². The zero-order chi connectivity index (χ0) is 11.7. The number of aromatic hydroxyl groups is 1. The van der Waals surface area contributed by atoms with Crippen molar-refractivity contribution in [2.45, 2.75) is 32.2 Å². The molecule has 1 aliphatic rings. The molecule has 0 saturated heterocycles. The molecule has 0 atom stereocenters. The third-order valence-corrected chi connectivity index (χ3v) is 4.28. The van der Waals surface area contributed by atoms with E-state index in [0.717, 1.165) is 22.1 Å². The third kappa shape index (κ3) is 3.26. The van der Waals surface area contributed by atoms with E-state index in [9.17, 15) is 5.11 Å². The van der Waals surface area contributed by atoms with Crippen LogP contribution in [0.3, 0.4) is 0 Å². The van der Waals surface area contributed by atoms with Crippen molar-refractivity contribution in [3.8, 4) is 5.75 Å². The lowest BCUT2D eigenvalue weighted by molar-refractivity contribution is 0.384. The first-order valence-electron chi connectivity index (χ1n) is 5.76. The largest absolute Gasteiger partial charge is 0.506 e. The number of benzene rings is 1. The molecule has 1 aromatic carbocycles. The predicted octanol–water partition coefficient (Wildman–Crippen LogP) is 3.36. The first-order valence-corrected chi connectivity index (χ1v) is 6.84. The molecule has 96 valence electrons. The van der Waals surface area contributed by atoms with E-state index in [1.165, 1.54) is 30.4 Å². The van der Waals surface area contributed by atoms with Gasteiger partial charge in [-0.15, -0.1) is 12.4 Å². The zero-order valence-corrected chi connectivity index (χ0v) is 13.3. The van der Waals surface area contributed by atoms with Crippen LogP contribution in [0.5, 0.6) is 5.75 Å². The Kier molecular flexibility index (Phi) is 5.54. The Morgan fingerprint density at radius 3 is 2.59 bits per heavy atom. The molecule has 0 saturated carbocycles. The van der Waals surface area contributed by atoms with Gasteiger partial charge in [0.15, 0.2) is 0 Å². The minimum Gasteiger partial charge on any atom is -0.506 e. The zero-order valence-electron chi connectivity index (χ0n) is 10.3. The fourth-order valence-corrected chi connectivity index (χ4v) is 3.32. The summed E-state index contributed by atoms with van der Waals surface area (Å²) in [5.74, 6) is 0.495. The Hall–Kier alpha value is -0.000000000000000111. The lowest BCUT2D eigenvalue weighted by atomic mass is 9.90. The molecule has 1 aliphatic carbocycles. The maximum Gasteiger partial charge on any atom is 0.133 e. The highest BCUT2D eigenvalue weighted by Crippen LogP contribution is 2.35. The van der Waals surface area contributed by atoms with Gasteiger partial charge in [0.25, 0.3) is 0 Å². The molecular weight excluding hydrogens is 349 g/mol. The number of halogens is 2. The number of hydrogen-bond donors (Lipinski definition) is 1. The maximum absolute atomic E-state index is 10.2. The second-order valence-corrected chi connectivity index (χ2v) is 5.86. The van der Waals surface area contributed by atoms with Crippen LogP contribution in [0.2, 0.25) is 0 Å². The van der Waals surface area contributed by atoms with Gasteiger partial charge in [-0.1, -0.05) is 6.07 Å². The highest BCUT2D eigenvalue weighted by Gasteiger charge is 2.18. The molecule has 1 aromatic rings. The predicted molar refractivity (Wildman–Crippen MR) is 82.1 cm³/mol. The summed E-state index contributed by atoms with van der Waals surface area (Å²) in [7, 11) is 4.07. The molecule has 0 aliphatic heterocycles. The average molecular weight is 368 g/mol. The van der Waals surface area contributed by atoms with Gasteiger partial charge < -0.3 is 10.0 Å². The Morgan fingerprint density at radius 2 is 1.94 bits per heavy atom. The number of hydrogen-bond acceptors (Lipinski definition) is 2. The summed E-state index contributed by atoms with van der Waals surface area (Å²) < 4.78 is 1.08.